The molecule has 1 aromatic carbocycles. The lowest BCUT2D eigenvalue weighted by Crippen LogP contribution is -2.23. The smallest absolute Gasteiger partial charge is 0.123 e. The van der Waals surface area contributed by atoms with Gasteiger partial charge in [0.25, 0.3) is 0 Å². The highest BCUT2D eigenvalue weighted by Crippen LogP contribution is 2.12. The van der Waals surface area contributed by atoms with Gasteiger partial charge in [0.1, 0.15) is 5.82 Å². The number of halogens is 1. The topological polar surface area (TPSA) is 12.0 Å². The van der Waals surface area contributed by atoms with Gasteiger partial charge in [-0.2, -0.15) is 0 Å². The van der Waals surface area contributed by atoms with Gasteiger partial charge in [-0.1, -0.05) is 32.1 Å². The van der Waals surface area contributed by atoms with Gasteiger partial charge < -0.3 is 5.32 Å². The van der Waals surface area contributed by atoms with Crippen molar-refractivity contribution in [2.45, 2.75) is 33.2 Å². The molecule has 0 atom stereocenters. The number of nitrogens with one attached hydrogen (secondary N) is 1. The van der Waals surface area contributed by atoms with Gasteiger partial charge in [-0.25, -0.2) is 4.39 Å². The lowest BCUT2D eigenvalue weighted by Gasteiger charge is -2.05. The van der Waals surface area contributed by atoms with Crippen molar-refractivity contribution in [2.75, 3.05) is 6.54 Å². The second kappa shape index (κ2) is 6.44. The second-order valence-corrected chi connectivity index (χ2v) is 4.30. The number of aryl methyl sites for hydroxylation is 1. The van der Waals surface area contributed by atoms with E-state index in [0.29, 0.717) is 6.04 Å². The van der Waals surface area contributed by atoms with E-state index in [1.165, 1.54) is 6.07 Å². The van der Waals surface area contributed by atoms with Crippen LogP contribution in [0.4, 0.5) is 4.39 Å². The number of hydrogen-bond donors (Lipinski definition) is 1. The Morgan fingerprint density at radius 2 is 2.12 bits per heavy atom. The van der Waals surface area contributed by atoms with Gasteiger partial charge in [-0.3, -0.25) is 0 Å². The number of rotatable bonds is 5. The van der Waals surface area contributed by atoms with Crippen LogP contribution in [0.15, 0.2) is 24.3 Å². The molecule has 1 aromatic rings. The maximum Gasteiger partial charge on any atom is 0.123 e. The van der Waals surface area contributed by atoms with Crippen LogP contribution in [-0.2, 0) is 0 Å². The summed E-state index contributed by atoms with van der Waals surface area (Å²) in [4.78, 5) is 0. The van der Waals surface area contributed by atoms with Crippen LogP contribution in [0.5, 0.6) is 0 Å². The quantitative estimate of drug-likeness (QED) is 0.750. The molecule has 0 heterocycles. The maximum atomic E-state index is 13.0. The third-order valence-corrected chi connectivity index (χ3v) is 2.40. The molecule has 0 bridgehead atoms. The molecule has 0 spiro atoms. The summed E-state index contributed by atoms with van der Waals surface area (Å²) in [6, 6.07) is 5.39. The molecule has 0 aromatic heterocycles. The minimum Gasteiger partial charge on any atom is -0.314 e. The highest BCUT2D eigenvalue weighted by atomic mass is 19.1. The van der Waals surface area contributed by atoms with E-state index in [2.05, 4.69) is 25.2 Å². The summed E-state index contributed by atoms with van der Waals surface area (Å²) in [5.74, 6) is -0.175. The Bertz CT molecular complexity index is 356. The molecular weight excluding hydrogens is 201 g/mol. The highest BCUT2D eigenvalue weighted by Gasteiger charge is 1.96. The minimum atomic E-state index is -0.175. The third kappa shape index (κ3) is 4.58. The molecule has 0 saturated carbocycles. The maximum absolute atomic E-state index is 13.0. The summed E-state index contributed by atoms with van der Waals surface area (Å²) in [7, 11) is 0. The van der Waals surface area contributed by atoms with Crippen LogP contribution in [0.3, 0.4) is 0 Å². The highest BCUT2D eigenvalue weighted by molar-refractivity contribution is 5.53. The average molecular weight is 221 g/mol. The molecule has 0 amide bonds. The van der Waals surface area contributed by atoms with Crippen molar-refractivity contribution in [1.82, 2.24) is 5.32 Å². The summed E-state index contributed by atoms with van der Waals surface area (Å²) < 4.78 is 13.0. The lowest BCUT2D eigenvalue weighted by molar-refractivity contribution is 0.595. The first-order valence-corrected chi connectivity index (χ1v) is 5.75. The van der Waals surface area contributed by atoms with E-state index in [-0.39, 0.29) is 5.82 Å². The Hall–Kier alpha value is -1.15. The first-order valence-electron chi connectivity index (χ1n) is 5.75. The predicted octanol–water partition coefficient (Wildman–Crippen LogP) is 3.54. The van der Waals surface area contributed by atoms with Crippen molar-refractivity contribution in [3.63, 3.8) is 0 Å². The number of hydrogen-bond acceptors (Lipinski definition) is 1. The van der Waals surface area contributed by atoms with E-state index in [0.717, 1.165) is 24.1 Å². The van der Waals surface area contributed by atoms with Gasteiger partial charge in [-0.15, -0.1) is 0 Å². The zero-order valence-corrected chi connectivity index (χ0v) is 10.3. The normalized spacial score (nSPS) is 11.6. The summed E-state index contributed by atoms with van der Waals surface area (Å²) >= 11 is 0. The largest absolute Gasteiger partial charge is 0.314 e. The molecule has 88 valence electrons. The monoisotopic (exact) mass is 221 g/mol. The van der Waals surface area contributed by atoms with Crippen LogP contribution < -0.4 is 5.32 Å². The molecule has 0 aliphatic rings. The van der Waals surface area contributed by atoms with Gasteiger partial charge >= 0.3 is 0 Å². The molecule has 0 aliphatic heterocycles. The van der Waals surface area contributed by atoms with Crippen LogP contribution in [0.1, 0.15) is 31.4 Å². The Morgan fingerprint density at radius 1 is 1.38 bits per heavy atom. The molecule has 2 heteroatoms. The van der Waals surface area contributed by atoms with Gasteiger partial charge in [0, 0.05) is 6.04 Å². The standard InChI is InChI=1S/C14H20FN/c1-11(2)16-9-5-4-6-13-10-14(15)8-7-12(13)3/h4,6-8,10-11,16H,5,9H2,1-3H3. The summed E-state index contributed by atoms with van der Waals surface area (Å²) in [5, 5.41) is 3.33. The molecule has 1 nitrogen and oxygen atoms in total. The molecule has 1 N–H and O–H groups in total. The molecule has 0 unspecified atom stereocenters. The molecule has 0 radical (unpaired) electrons. The Kier molecular flexibility index (Phi) is 5.20. The number of benzene rings is 1. The summed E-state index contributed by atoms with van der Waals surface area (Å²) in [6.45, 7) is 7.20. The Balaban J connectivity index is 2.46. The Labute approximate surface area is 97.4 Å². The van der Waals surface area contributed by atoms with Crippen molar-refractivity contribution in [1.29, 1.82) is 0 Å². The third-order valence-electron chi connectivity index (χ3n) is 2.40. The van der Waals surface area contributed by atoms with Crippen molar-refractivity contribution in [2.24, 2.45) is 0 Å². The van der Waals surface area contributed by atoms with Crippen LogP contribution in [0, 0.1) is 12.7 Å². The van der Waals surface area contributed by atoms with Gasteiger partial charge in [-0.05, 0) is 43.1 Å². The van der Waals surface area contributed by atoms with Crippen LogP contribution in [0.2, 0.25) is 0 Å². The van der Waals surface area contributed by atoms with Crippen LogP contribution in [-0.4, -0.2) is 12.6 Å². The van der Waals surface area contributed by atoms with Gasteiger partial charge in [0.2, 0.25) is 0 Å². The van der Waals surface area contributed by atoms with Crippen molar-refractivity contribution >= 4 is 6.08 Å². The van der Waals surface area contributed by atoms with E-state index < -0.39 is 0 Å². The van der Waals surface area contributed by atoms with E-state index in [4.69, 9.17) is 0 Å². The van der Waals surface area contributed by atoms with E-state index in [1.54, 1.807) is 12.1 Å². The van der Waals surface area contributed by atoms with Gasteiger partial charge in [0.15, 0.2) is 0 Å². The van der Waals surface area contributed by atoms with Crippen LogP contribution >= 0.6 is 0 Å². The van der Waals surface area contributed by atoms with Crippen molar-refractivity contribution in [3.05, 3.63) is 41.2 Å². The summed E-state index contributed by atoms with van der Waals surface area (Å²) in [6.07, 6.45) is 5.03. The summed E-state index contributed by atoms with van der Waals surface area (Å²) in [5.41, 5.74) is 2.07. The lowest BCUT2D eigenvalue weighted by atomic mass is 10.1. The fourth-order valence-electron chi connectivity index (χ4n) is 1.46. The van der Waals surface area contributed by atoms with Crippen molar-refractivity contribution < 1.29 is 4.39 Å². The van der Waals surface area contributed by atoms with E-state index >= 15 is 0 Å². The zero-order chi connectivity index (χ0) is 12.0. The predicted molar refractivity (Wildman–Crippen MR) is 67.9 cm³/mol. The zero-order valence-electron chi connectivity index (χ0n) is 10.3. The van der Waals surface area contributed by atoms with Gasteiger partial charge in [0.05, 0.1) is 0 Å². The van der Waals surface area contributed by atoms with Crippen LogP contribution in [0.25, 0.3) is 6.08 Å². The second-order valence-electron chi connectivity index (χ2n) is 4.30. The fourth-order valence-corrected chi connectivity index (χ4v) is 1.46. The fraction of sp³-hybridized carbons (Fsp3) is 0.429. The molecule has 0 saturated heterocycles. The SMILES string of the molecule is Cc1ccc(F)cc1C=CCCNC(C)C. The Morgan fingerprint density at radius 3 is 2.81 bits per heavy atom. The molecule has 1 rings (SSSR count). The molecular formula is C14H20FN. The molecule has 16 heavy (non-hydrogen) atoms. The molecule has 0 fully saturated rings. The molecule has 0 aliphatic carbocycles. The average Bonchev–Trinajstić information content (AvgIpc) is 2.22. The van der Waals surface area contributed by atoms with E-state index in [9.17, 15) is 4.39 Å². The first-order chi connectivity index (χ1) is 7.59. The first kappa shape index (κ1) is 12.9. The van der Waals surface area contributed by atoms with Crippen molar-refractivity contribution in [3.8, 4) is 0 Å². The van der Waals surface area contributed by atoms with E-state index in [1.807, 2.05) is 13.0 Å². The minimum absolute atomic E-state index is 0.175.